The van der Waals surface area contributed by atoms with E-state index in [0.29, 0.717) is 6.54 Å². The Labute approximate surface area is 209 Å². The number of ether oxygens (including phenoxy) is 1. The number of benzene rings is 3. The van der Waals surface area contributed by atoms with Crippen LogP contribution in [0.4, 0.5) is 0 Å². The van der Waals surface area contributed by atoms with Crippen molar-refractivity contribution < 1.29 is 14.4 Å². The fourth-order valence-electron chi connectivity index (χ4n) is 4.87. The molecule has 182 valence electrons. The summed E-state index contributed by atoms with van der Waals surface area (Å²) in [7, 11) is 4.25. The minimum atomic E-state index is -0.504. The molecule has 0 saturated heterocycles. The van der Waals surface area contributed by atoms with E-state index in [1.165, 1.54) is 11.1 Å². The first-order valence-electron chi connectivity index (χ1n) is 12.1. The molecule has 3 aromatic carbocycles. The molecule has 0 unspecified atom stereocenters. The molecule has 0 saturated carbocycles. The van der Waals surface area contributed by atoms with Gasteiger partial charge in [-0.1, -0.05) is 91.0 Å². The third kappa shape index (κ3) is 5.68. The molecule has 0 amide bonds. The summed E-state index contributed by atoms with van der Waals surface area (Å²) in [5.41, 5.74) is 3.12. The minimum absolute atomic E-state index is 0.0935. The molecule has 0 bridgehead atoms. The topological polar surface area (TPSA) is 38.9 Å². The van der Waals surface area contributed by atoms with E-state index in [1.54, 1.807) is 6.20 Å². The number of aliphatic hydroxyl groups is 1. The van der Waals surface area contributed by atoms with Crippen LogP contribution in [0.3, 0.4) is 0 Å². The van der Waals surface area contributed by atoms with Crippen molar-refractivity contribution in [3.8, 4) is 0 Å². The summed E-state index contributed by atoms with van der Waals surface area (Å²) in [6.07, 6.45) is 1.70. The number of guanidine groups is 1. The smallest absolute Gasteiger partial charge is 0.356 e. The molecule has 0 fully saturated rings. The lowest BCUT2D eigenvalue weighted by Gasteiger charge is -2.25. The molecule has 5 nitrogen and oxygen atoms in total. The quantitative estimate of drug-likeness (QED) is 0.350. The molecule has 4 rings (SSSR count). The van der Waals surface area contributed by atoms with E-state index >= 15 is 0 Å². The number of likely N-dealkylation sites (N-methyl/N-ethyl adjacent to an activating group) is 2. The standard InChI is InChI=1S/C30H35N3O2/c1-30(2,3)35-26(34)22-33(21-23-15-9-6-10-16-23)29-31(4)27(24-17-11-7-12-18-24)28(32(29)5)25-19-13-8-14-20-25/h6-20,22,27-28H,21H2,1-5H3/p+1/b26-22+/t27-,28-/m0/s1. The van der Waals surface area contributed by atoms with E-state index in [4.69, 9.17) is 4.74 Å². The van der Waals surface area contributed by atoms with Crippen molar-refractivity contribution in [3.63, 3.8) is 0 Å². The van der Waals surface area contributed by atoms with E-state index in [2.05, 4.69) is 101 Å². The van der Waals surface area contributed by atoms with Gasteiger partial charge in [-0.05, 0) is 37.5 Å². The van der Waals surface area contributed by atoms with Gasteiger partial charge in [-0.2, -0.15) is 0 Å². The maximum atomic E-state index is 10.8. The maximum Gasteiger partial charge on any atom is 0.356 e. The summed E-state index contributed by atoms with van der Waals surface area (Å²) >= 11 is 0. The van der Waals surface area contributed by atoms with Crippen LogP contribution in [0.25, 0.3) is 0 Å². The minimum Gasteiger partial charge on any atom is -0.479 e. The number of aliphatic hydroxyl groups excluding tert-OH is 1. The molecule has 5 heteroatoms. The zero-order valence-corrected chi connectivity index (χ0v) is 21.3. The van der Waals surface area contributed by atoms with Crippen molar-refractivity contribution >= 4 is 5.96 Å². The van der Waals surface area contributed by atoms with Gasteiger partial charge < -0.3 is 9.84 Å². The molecule has 1 N–H and O–H groups in total. The summed E-state index contributed by atoms with van der Waals surface area (Å²) in [6.45, 7) is 6.37. The number of nitrogens with zero attached hydrogens (tertiary/aromatic N) is 3. The van der Waals surface area contributed by atoms with Gasteiger partial charge in [-0.15, -0.1) is 0 Å². The highest BCUT2D eigenvalue weighted by atomic mass is 16.6. The van der Waals surface area contributed by atoms with Crippen LogP contribution in [-0.2, 0) is 11.3 Å². The Morgan fingerprint density at radius 1 is 0.914 bits per heavy atom. The summed E-state index contributed by atoms with van der Waals surface area (Å²) in [5.74, 6) is 0.878. The Balaban J connectivity index is 1.82. The molecular formula is C30H36N3O2+. The van der Waals surface area contributed by atoms with E-state index in [0.717, 1.165) is 11.5 Å². The summed E-state index contributed by atoms with van der Waals surface area (Å²) in [4.78, 5) is 4.38. The normalized spacial score (nSPS) is 18.7. The van der Waals surface area contributed by atoms with Gasteiger partial charge in [0.05, 0.1) is 20.6 Å². The van der Waals surface area contributed by atoms with Gasteiger partial charge >= 0.3 is 11.9 Å². The van der Waals surface area contributed by atoms with Crippen molar-refractivity contribution in [2.75, 3.05) is 14.1 Å². The van der Waals surface area contributed by atoms with Gasteiger partial charge in [-0.25, -0.2) is 4.90 Å². The molecular weight excluding hydrogens is 434 g/mol. The van der Waals surface area contributed by atoms with Gasteiger partial charge in [0.1, 0.15) is 23.9 Å². The average molecular weight is 471 g/mol. The molecule has 0 aliphatic carbocycles. The van der Waals surface area contributed by atoms with Crippen LogP contribution in [-0.4, -0.2) is 45.1 Å². The highest BCUT2D eigenvalue weighted by Gasteiger charge is 2.47. The predicted molar refractivity (Wildman–Crippen MR) is 141 cm³/mol. The summed E-state index contributed by atoms with van der Waals surface area (Å²) in [6, 6.07) is 31.7. The average Bonchev–Trinajstić information content (AvgIpc) is 3.09. The number of rotatable bonds is 6. The van der Waals surface area contributed by atoms with Gasteiger partial charge in [-0.3, -0.25) is 9.48 Å². The van der Waals surface area contributed by atoms with Crippen LogP contribution < -0.4 is 0 Å². The van der Waals surface area contributed by atoms with Crippen molar-refractivity contribution in [3.05, 3.63) is 120 Å². The third-order valence-corrected chi connectivity index (χ3v) is 6.18. The zero-order valence-electron chi connectivity index (χ0n) is 21.3. The second-order valence-electron chi connectivity index (χ2n) is 10.0. The number of hydrogen-bond donors (Lipinski definition) is 1. The van der Waals surface area contributed by atoms with Crippen molar-refractivity contribution in [1.82, 2.24) is 9.80 Å². The molecule has 1 aliphatic rings. The first-order valence-corrected chi connectivity index (χ1v) is 12.1. The zero-order chi connectivity index (χ0) is 25.0. The highest BCUT2D eigenvalue weighted by molar-refractivity contribution is 5.78. The monoisotopic (exact) mass is 470 g/mol. The Kier molecular flexibility index (Phi) is 7.15. The highest BCUT2D eigenvalue weighted by Crippen LogP contribution is 2.41. The largest absolute Gasteiger partial charge is 0.479 e. The predicted octanol–water partition coefficient (Wildman–Crippen LogP) is 6.09. The summed E-state index contributed by atoms with van der Waals surface area (Å²) < 4.78 is 8.09. The summed E-state index contributed by atoms with van der Waals surface area (Å²) in [5, 5.41) is 10.8. The fourth-order valence-corrected chi connectivity index (χ4v) is 4.87. The van der Waals surface area contributed by atoms with Crippen molar-refractivity contribution in [2.24, 2.45) is 0 Å². The van der Waals surface area contributed by atoms with E-state index < -0.39 is 5.60 Å². The maximum absolute atomic E-state index is 10.8. The van der Waals surface area contributed by atoms with E-state index in [-0.39, 0.29) is 18.0 Å². The molecule has 0 radical (unpaired) electrons. The molecule has 3 aromatic rings. The van der Waals surface area contributed by atoms with Gasteiger partial charge in [0.2, 0.25) is 0 Å². The molecule has 35 heavy (non-hydrogen) atoms. The Hall–Kier alpha value is -3.73. The van der Waals surface area contributed by atoms with Crippen LogP contribution in [0, 0.1) is 0 Å². The molecule has 0 aromatic heterocycles. The van der Waals surface area contributed by atoms with Gasteiger partial charge in [0, 0.05) is 0 Å². The van der Waals surface area contributed by atoms with Crippen LogP contribution in [0.5, 0.6) is 0 Å². The second-order valence-corrected chi connectivity index (χ2v) is 10.0. The Morgan fingerprint density at radius 2 is 1.43 bits per heavy atom. The fraction of sp³-hybridized carbons (Fsp3) is 0.300. The third-order valence-electron chi connectivity index (χ3n) is 6.18. The molecule has 2 atom stereocenters. The molecule has 0 spiro atoms. The molecule has 1 aliphatic heterocycles. The first kappa shape index (κ1) is 24.4. The molecule has 1 heterocycles. The van der Waals surface area contributed by atoms with Crippen LogP contribution in [0.15, 0.2) is 103 Å². The lowest BCUT2D eigenvalue weighted by atomic mass is 9.93. The second kappa shape index (κ2) is 10.3. The van der Waals surface area contributed by atoms with Crippen LogP contribution >= 0.6 is 0 Å². The first-order chi connectivity index (χ1) is 16.7. The lowest BCUT2D eigenvalue weighted by Crippen LogP contribution is -2.40. The Bertz CT molecular complexity index is 1170. The Morgan fingerprint density at radius 3 is 1.97 bits per heavy atom. The van der Waals surface area contributed by atoms with E-state index in [9.17, 15) is 5.11 Å². The van der Waals surface area contributed by atoms with Crippen LogP contribution in [0.2, 0.25) is 0 Å². The SMILES string of the molecule is CN1C(N(/C=C(\O)OC(C)(C)C)Cc2ccccc2)=[N+](C)[C@@H](c2ccccc2)[C@@H]1c1ccccc1. The van der Waals surface area contributed by atoms with Crippen LogP contribution in [0.1, 0.15) is 49.5 Å². The van der Waals surface area contributed by atoms with Gasteiger partial charge in [0.15, 0.2) is 0 Å². The van der Waals surface area contributed by atoms with Crippen molar-refractivity contribution in [2.45, 2.75) is 45.0 Å². The number of hydrogen-bond acceptors (Lipinski definition) is 4. The van der Waals surface area contributed by atoms with Gasteiger partial charge in [0.25, 0.3) is 0 Å². The van der Waals surface area contributed by atoms with Crippen molar-refractivity contribution in [1.29, 1.82) is 0 Å². The lowest BCUT2D eigenvalue weighted by molar-refractivity contribution is -0.542. The van der Waals surface area contributed by atoms with E-state index in [1.807, 2.05) is 39.0 Å².